The van der Waals surface area contributed by atoms with Gasteiger partial charge in [-0.15, -0.1) is 0 Å². The maximum absolute atomic E-state index is 13.3. The average Bonchev–Trinajstić information content (AvgIpc) is 3.40. The van der Waals surface area contributed by atoms with Crippen molar-refractivity contribution < 1.29 is 17.9 Å². The van der Waals surface area contributed by atoms with Gasteiger partial charge in [-0.1, -0.05) is 12.1 Å². The first-order valence-electron chi connectivity index (χ1n) is 15.1. The third kappa shape index (κ3) is 10.3. The van der Waals surface area contributed by atoms with Crippen LogP contribution in [0.5, 0.6) is 0 Å². The zero-order chi connectivity index (χ0) is 33.3. The van der Waals surface area contributed by atoms with Crippen molar-refractivity contribution in [3.05, 3.63) is 76.3 Å². The molecule has 2 aromatic carbocycles. The Morgan fingerprint density at radius 3 is 2.57 bits per heavy atom. The number of fused-ring (bicyclic) bond motifs is 1. The summed E-state index contributed by atoms with van der Waals surface area (Å²) in [5, 5.41) is 4.15. The molecule has 2 atom stereocenters. The highest BCUT2D eigenvalue weighted by atomic mass is 32.2. The number of ether oxygens (including phenoxy) is 1. The number of alkyl halides is 3. The van der Waals surface area contributed by atoms with Crippen LogP contribution in [0.15, 0.2) is 69.4 Å². The molecule has 0 unspecified atom stereocenters. The molecule has 0 aliphatic carbocycles. The Morgan fingerprint density at radius 1 is 1.13 bits per heavy atom. The van der Waals surface area contributed by atoms with E-state index in [9.17, 15) is 18.0 Å². The molecule has 0 saturated heterocycles. The van der Waals surface area contributed by atoms with Gasteiger partial charge >= 0.3 is 11.2 Å². The van der Waals surface area contributed by atoms with Crippen LogP contribution in [0, 0.1) is 0 Å². The van der Waals surface area contributed by atoms with E-state index in [-0.39, 0.29) is 34.7 Å². The summed E-state index contributed by atoms with van der Waals surface area (Å²) in [7, 11) is 1.65. The minimum absolute atomic E-state index is 0.0119. The summed E-state index contributed by atoms with van der Waals surface area (Å²) in [5.74, 6) is 0.0671. The SMILES string of the molecule is COCC[C@H](NCCCN=C(N)N)c1ccc(-n2cc3cc(-c4cc(CCC[C@H](C)N)cc(SC(F)(F)F)c4)[nH]c3nc2=O)cc1. The van der Waals surface area contributed by atoms with E-state index in [4.69, 9.17) is 21.9 Å². The summed E-state index contributed by atoms with van der Waals surface area (Å²) < 4.78 is 46.6. The smallest absolute Gasteiger partial charge is 0.385 e. The van der Waals surface area contributed by atoms with Gasteiger partial charge in [0.05, 0.1) is 5.69 Å². The van der Waals surface area contributed by atoms with Crippen LogP contribution >= 0.6 is 11.8 Å². The molecule has 4 aromatic rings. The van der Waals surface area contributed by atoms with Crippen LogP contribution in [0.25, 0.3) is 28.0 Å². The number of nitrogens with one attached hydrogen (secondary N) is 2. The number of nitrogens with two attached hydrogens (primary N) is 3. The Hall–Kier alpha value is -3.85. The van der Waals surface area contributed by atoms with Gasteiger partial charge in [-0.05, 0) is 110 Å². The molecule has 10 nitrogen and oxygen atoms in total. The lowest BCUT2D eigenvalue weighted by Gasteiger charge is -2.19. The van der Waals surface area contributed by atoms with Gasteiger partial charge in [0.2, 0.25) is 0 Å². The van der Waals surface area contributed by atoms with Crippen molar-refractivity contribution in [3.8, 4) is 16.9 Å². The predicted octanol–water partition coefficient (Wildman–Crippen LogP) is 4.99. The van der Waals surface area contributed by atoms with Crippen molar-refractivity contribution in [1.29, 1.82) is 0 Å². The second kappa shape index (κ2) is 16.1. The summed E-state index contributed by atoms with van der Waals surface area (Å²) in [6.45, 7) is 3.70. The predicted molar refractivity (Wildman–Crippen MR) is 178 cm³/mol. The van der Waals surface area contributed by atoms with Gasteiger partial charge in [-0.2, -0.15) is 18.2 Å². The first-order chi connectivity index (χ1) is 21.9. The molecule has 0 spiro atoms. The van der Waals surface area contributed by atoms with Gasteiger partial charge in [0, 0.05) is 54.5 Å². The summed E-state index contributed by atoms with van der Waals surface area (Å²) in [6, 6.07) is 14.4. The third-order valence-corrected chi connectivity index (χ3v) is 8.05. The molecular formula is C32H41F3N8O2S. The van der Waals surface area contributed by atoms with Crippen molar-refractivity contribution in [2.24, 2.45) is 22.2 Å². The summed E-state index contributed by atoms with van der Waals surface area (Å²) >= 11 is -0.147. The van der Waals surface area contributed by atoms with Crippen LogP contribution in [0.3, 0.4) is 0 Å². The van der Waals surface area contributed by atoms with Crippen molar-refractivity contribution in [2.45, 2.75) is 61.5 Å². The quantitative estimate of drug-likeness (QED) is 0.0487. The number of halogens is 3. The van der Waals surface area contributed by atoms with Gasteiger partial charge < -0.3 is 32.2 Å². The molecule has 0 aliphatic heterocycles. The van der Waals surface area contributed by atoms with Gasteiger partial charge in [-0.25, -0.2) is 4.79 Å². The summed E-state index contributed by atoms with van der Waals surface area (Å²) in [6.07, 6.45) is 5.31. The number of aryl methyl sites for hydroxylation is 1. The molecule has 0 aliphatic rings. The first kappa shape index (κ1) is 35.0. The minimum atomic E-state index is -4.42. The summed E-state index contributed by atoms with van der Waals surface area (Å²) in [5.41, 5.74) is 15.7. The Kier molecular flexibility index (Phi) is 12.3. The number of methoxy groups -OCH3 is 1. The molecule has 0 radical (unpaired) electrons. The Labute approximate surface area is 270 Å². The van der Waals surface area contributed by atoms with Crippen molar-refractivity contribution >= 4 is 28.8 Å². The highest BCUT2D eigenvalue weighted by Crippen LogP contribution is 2.39. The lowest BCUT2D eigenvalue weighted by Crippen LogP contribution is -2.26. The van der Waals surface area contributed by atoms with Crippen LogP contribution in [-0.4, -0.2) is 58.9 Å². The largest absolute Gasteiger partial charge is 0.446 e. The number of thioether (sulfide) groups is 1. The van der Waals surface area contributed by atoms with Crippen LogP contribution in [-0.2, 0) is 11.2 Å². The molecule has 2 heterocycles. The number of nitrogens with zero attached hydrogens (tertiary/aromatic N) is 3. The standard InChI is InChI=1S/C32H41F3N8O2S/c1-20(36)5-3-6-21-15-23(17-26(16-21)46-32(33,34)35)28-18-24-19-43(31(44)42-29(24)41-28)25-9-7-22(8-10-25)27(11-14-45-2)39-12-4-13-40-30(37)38/h7-10,15-20,27,39H,3-6,11-14,36H2,1-2H3,(H4,37,38,40)(H,41,42,44)/t20-,27-/m0/s1. The number of rotatable bonds is 16. The Morgan fingerprint density at radius 2 is 1.89 bits per heavy atom. The monoisotopic (exact) mass is 658 g/mol. The van der Waals surface area contributed by atoms with Crippen LogP contribution in [0.2, 0.25) is 0 Å². The Balaban J connectivity index is 1.58. The number of H-pyrrole nitrogens is 1. The zero-order valence-electron chi connectivity index (χ0n) is 25.9. The fraction of sp³-hybridized carbons (Fsp3) is 0.406. The minimum Gasteiger partial charge on any atom is -0.385 e. The molecule has 248 valence electrons. The number of benzene rings is 2. The fourth-order valence-electron chi connectivity index (χ4n) is 5.17. The normalized spacial score (nSPS) is 13.2. The van der Waals surface area contributed by atoms with E-state index in [1.54, 1.807) is 25.4 Å². The maximum atomic E-state index is 13.3. The number of aromatic nitrogens is 3. The molecule has 2 aromatic heterocycles. The topological polar surface area (TPSA) is 162 Å². The maximum Gasteiger partial charge on any atom is 0.446 e. The van der Waals surface area contributed by atoms with Crippen LogP contribution < -0.4 is 28.2 Å². The second-order valence-electron chi connectivity index (χ2n) is 11.2. The van der Waals surface area contributed by atoms with E-state index in [1.807, 2.05) is 37.3 Å². The summed E-state index contributed by atoms with van der Waals surface area (Å²) in [4.78, 5) is 24.5. The molecule has 0 amide bonds. The zero-order valence-corrected chi connectivity index (χ0v) is 26.8. The molecule has 8 N–H and O–H groups in total. The first-order valence-corrected chi connectivity index (χ1v) is 15.9. The number of hydrogen-bond acceptors (Lipinski definition) is 7. The molecule has 0 bridgehead atoms. The van der Waals surface area contributed by atoms with E-state index in [0.29, 0.717) is 54.1 Å². The van der Waals surface area contributed by atoms with E-state index < -0.39 is 11.2 Å². The van der Waals surface area contributed by atoms with Gasteiger partial charge in [-0.3, -0.25) is 9.56 Å². The third-order valence-electron chi connectivity index (χ3n) is 7.35. The molecule has 46 heavy (non-hydrogen) atoms. The van der Waals surface area contributed by atoms with Crippen molar-refractivity contribution in [3.63, 3.8) is 0 Å². The van der Waals surface area contributed by atoms with E-state index in [0.717, 1.165) is 36.8 Å². The molecule has 14 heteroatoms. The molecule has 0 saturated carbocycles. The number of hydrogen-bond donors (Lipinski definition) is 5. The highest BCUT2D eigenvalue weighted by molar-refractivity contribution is 8.00. The molecular weight excluding hydrogens is 617 g/mol. The van der Waals surface area contributed by atoms with Gasteiger partial charge in [0.1, 0.15) is 5.65 Å². The van der Waals surface area contributed by atoms with Crippen molar-refractivity contribution in [2.75, 3.05) is 26.8 Å². The van der Waals surface area contributed by atoms with E-state index >= 15 is 0 Å². The molecule has 4 rings (SSSR count). The van der Waals surface area contributed by atoms with Gasteiger partial charge in [0.25, 0.3) is 0 Å². The average molecular weight is 659 g/mol. The highest BCUT2D eigenvalue weighted by Gasteiger charge is 2.29. The van der Waals surface area contributed by atoms with Crippen molar-refractivity contribution in [1.82, 2.24) is 19.9 Å². The Bertz CT molecular complexity index is 1660. The van der Waals surface area contributed by atoms with Gasteiger partial charge in [0.15, 0.2) is 5.96 Å². The van der Waals surface area contributed by atoms with E-state index in [2.05, 4.69) is 20.3 Å². The molecule has 0 fully saturated rings. The van der Waals surface area contributed by atoms with Crippen LogP contribution in [0.1, 0.15) is 49.8 Å². The van der Waals surface area contributed by atoms with Crippen LogP contribution in [0.4, 0.5) is 13.2 Å². The number of guanidine groups is 1. The lowest BCUT2D eigenvalue weighted by atomic mass is 10.0. The number of aromatic amines is 1. The fourth-order valence-corrected chi connectivity index (χ4v) is 5.83. The lowest BCUT2D eigenvalue weighted by molar-refractivity contribution is -0.0328. The number of aliphatic imine (C=N–C) groups is 1. The second-order valence-corrected chi connectivity index (χ2v) is 12.3. The van der Waals surface area contributed by atoms with E-state index in [1.165, 1.54) is 10.6 Å².